The number of carboxylic acid groups (broad SMARTS) is 1. The van der Waals surface area contributed by atoms with Gasteiger partial charge < -0.3 is 15.7 Å². The van der Waals surface area contributed by atoms with E-state index < -0.39 is 30.3 Å². The molecule has 0 fully saturated rings. The topological polar surface area (TPSA) is 87.1 Å². The van der Waals surface area contributed by atoms with E-state index >= 15 is 0 Å². The third-order valence-electron chi connectivity index (χ3n) is 2.84. The number of hydrogen-bond acceptors (Lipinski definition) is 5. The summed E-state index contributed by atoms with van der Waals surface area (Å²) < 4.78 is 38.8. The van der Waals surface area contributed by atoms with Gasteiger partial charge in [-0.05, 0) is 30.7 Å². The number of nitrogens with zero attached hydrogens (tertiary/aromatic N) is 2. The van der Waals surface area contributed by atoms with Crippen LogP contribution in [-0.2, 0) is 11.0 Å². The Hall–Kier alpha value is -2.55. The summed E-state index contributed by atoms with van der Waals surface area (Å²) in [5.74, 6) is -1.83. The number of rotatable bonds is 5. The number of benzene rings is 1. The standard InChI is InChI=1S/C14H12ClF3N4O2/c1-7-4-8(2-3-9(7)15)20-11-5-10(14(16,17)18)21-13(22-11)19-6-12(23)24/h2-5H,6H2,1H3,(H,23,24)(H2,19,20,21,22). The zero-order chi connectivity index (χ0) is 17.9. The fourth-order valence-electron chi connectivity index (χ4n) is 1.76. The number of carboxylic acids is 1. The summed E-state index contributed by atoms with van der Waals surface area (Å²) >= 11 is 5.90. The number of aliphatic carboxylic acids is 1. The van der Waals surface area contributed by atoms with Crippen molar-refractivity contribution >= 4 is 35.0 Å². The molecule has 0 aliphatic heterocycles. The van der Waals surface area contributed by atoms with E-state index in [-0.39, 0.29) is 5.82 Å². The van der Waals surface area contributed by atoms with Crippen molar-refractivity contribution in [3.8, 4) is 0 Å². The van der Waals surface area contributed by atoms with Crippen molar-refractivity contribution in [3.05, 3.63) is 40.5 Å². The van der Waals surface area contributed by atoms with Crippen LogP contribution < -0.4 is 10.6 Å². The fraction of sp³-hybridized carbons (Fsp3) is 0.214. The van der Waals surface area contributed by atoms with Gasteiger partial charge in [0.15, 0.2) is 5.69 Å². The highest BCUT2D eigenvalue weighted by Gasteiger charge is 2.33. The molecule has 10 heteroatoms. The van der Waals surface area contributed by atoms with Crippen LogP contribution in [0.4, 0.5) is 30.6 Å². The van der Waals surface area contributed by atoms with Gasteiger partial charge >= 0.3 is 12.1 Å². The van der Waals surface area contributed by atoms with Gasteiger partial charge in [-0.1, -0.05) is 11.6 Å². The Morgan fingerprint density at radius 2 is 2.00 bits per heavy atom. The van der Waals surface area contributed by atoms with Crippen molar-refractivity contribution in [2.24, 2.45) is 0 Å². The van der Waals surface area contributed by atoms with Gasteiger partial charge in [0.2, 0.25) is 5.95 Å². The first-order chi connectivity index (χ1) is 11.1. The van der Waals surface area contributed by atoms with E-state index in [2.05, 4.69) is 20.6 Å². The Labute approximate surface area is 139 Å². The minimum absolute atomic E-state index is 0.132. The highest BCUT2D eigenvalue weighted by molar-refractivity contribution is 6.31. The molecule has 24 heavy (non-hydrogen) atoms. The molecule has 0 unspecified atom stereocenters. The smallest absolute Gasteiger partial charge is 0.433 e. The molecule has 1 aromatic heterocycles. The zero-order valence-electron chi connectivity index (χ0n) is 12.3. The van der Waals surface area contributed by atoms with Gasteiger partial charge in [0.25, 0.3) is 0 Å². The lowest BCUT2D eigenvalue weighted by Crippen LogP contribution is -2.17. The van der Waals surface area contributed by atoms with Crippen molar-refractivity contribution in [2.75, 3.05) is 17.2 Å². The SMILES string of the molecule is Cc1cc(Nc2cc(C(F)(F)F)nc(NCC(=O)O)n2)ccc1Cl. The Morgan fingerprint density at radius 3 is 2.58 bits per heavy atom. The highest BCUT2D eigenvalue weighted by Crippen LogP contribution is 2.30. The number of alkyl halides is 3. The van der Waals surface area contributed by atoms with Crippen LogP contribution in [-0.4, -0.2) is 27.6 Å². The van der Waals surface area contributed by atoms with Crippen LogP contribution in [0, 0.1) is 6.92 Å². The van der Waals surface area contributed by atoms with Crippen LogP contribution in [0.1, 0.15) is 11.3 Å². The van der Waals surface area contributed by atoms with E-state index in [0.29, 0.717) is 10.7 Å². The summed E-state index contributed by atoms with van der Waals surface area (Å²) in [6.45, 7) is 1.13. The molecule has 1 heterocycles. The van der Waals surface area contributed by atoms with Crippen LogP contribution >= 0.6 is 11.6 Å². The van der Waals surface area contributed by atoms with E-state index in [1.54, 1.807) is 25.1 Å². The van der Waals surface area contributed by atoms with Gasteiger partial charge in [-0.15, -0.1) is 0 Å². The van der Waals surface area contributed by atoms with Crippen LogP contribution in [0.2, 0.25) is 5.02 Å². The fourth-order valence-corrected chi connectivity index (χ4v) is 1.88. The minimum Gasteiger partial charge on any atom is -0.480 e. The molecule has 1 aromatic carbocycles. The van der Waals surface area contributed by atoms with Gasteiger partial charge in [0.1, 0.15) is 12.4 Å². The lowest BCUT2D eigenvalue weighted by Gasteiger charge is -2.12. The molecule has 0 saturated heterocycles. The molecule has 0 atom stereocenters. The van der Waals surface area contributed by atoms with E-state index in [9.17, 15) is 18.0 Å². The summed E-state index contributed by atoms with van der Waals surface area (Å²) in [5.41, 5.74) is 0.0162. The molecule has 0 saturated carbocycles. The van der Waals surface area contributed by atoms with Crippen molar-refractivity contribution in [2.45, 2.75) is 13.1 Å². The molecule has 128 valence electrons. The molecule has 0 spiro atoms. The second kappa shape index (κ2) is 6.91. The third-order valence-corrected chi connectivity index (χ3v) is 3.27. The number of hydrogen-bond donors (Lipinski definition) is 3. The van der Waals surface area contributed by atoms with Gasteiger partial charge in [0.05, 0.1) is 0 Å². The summed E-state index contributed by atoms with van der Waals surface area (Å²) in [4.78, 5) is 17.6. The average Bonchev–Trinajstić information content (AvgIpc) is 2.48. The van der Waals surface area contributed by atoms with Gasteiger partial charge in [-0.2, -0.15) is 18.2 Å². The lowest BCUT2D eigenvalue weighted by atomic mass is 10.2. The van der Waals surface area contributed by atoms with Crippen molar-refractivity contribution in [1.82, 2.24) is 9.97 Å². The molecule has 6 nitrogen and oxygen atoms in total. The van der Waals surface area contributed by atoms with E-state index in [4.69, 9.17) is 16.7 Å². The number of anilines is 3. The third kappa shape index (κ3) is 4.72. The largest absolute Gasteiger partial charge is 0.480 e. The maximum Gasteiger partial charge on any atom is 0.433 e. The first-order valence-corrected chi connectivity index (χ1v) is 6.98. The predicted molar refractivity (Wildman–Crippen MR) is 82.6 cm³/mol. The van der Waals surface area contributed by atoms with Gasteiger partial charge in [-0.25, -0.2) is 4.98 Å². The normalized spacial score (nSPS) is 11.2. The van der Waals surface area contributed by atoms with E-state index in [1.807, 2.05) is 0 Å². The molecular weight excluding hydrogens is 349 g/mol. The second-order valence-corrected chi connectivity index (χ2v) is 5.20. The first-order valence-electron chi connectivity index (χ1n) is 6.60. The average molecular weight is 361 g/mol. The van der Waals surface area contributed by atoms with E-state index in [1.165, 1.54) is 0 Å². The minimum atomic E-state index is -4.70. The number of carbonyl (C=O) groups is 1. The van der Waals surface area contributed by atoms with Crippen molar-refractivity contribution < 1.29 is 23.1 Å². The Kier molecular flexibility index (Phi) is 5.13. The number of aryl methyl sites for hydroxylation is 1. The van der Waals surface area contributed by atoms with Crippen LogP contribution in [0.25, 0.3) is 0 Å². The number of nitrogens with one attached hydrogen (secondary N) is 2. The molecule has 3 N–H and O–H groups in total. The van der Waals surface area contributed by atoms with Crippen LogP contribution in [0.3, 0.4) is 0 Å². The number of halogens is 4. The molecule has 0 bridgehead atoms. The van der Waals surface area contributed by atoms with E-state index in [0.717, 1.165) is 11.6 Å². The molecule has 0 aliphatic carbocycles. The summed E-state index contributed by atoms with van der Waals surface area (Å²) in [5, 5.41) is 14.0. The summed E-state index contributed by atoms with van der Waals surface area (Å²) in [7, 11) is 0. The van der Waals surface area contributed by atoms with Crippen molar-refractivity contribution in [1.29, 1.82) is 0 Å². The lowest BCUT2D eigenvalue weighted by molar-refractivity contribution is -0.141. The van der Waals surface area contributed by atoms with Gasteiger partial charge in [0, 0.05) is 16.8 Å². The molecule has 0 amide bonds. The highest BCUT2D eigenvalue weighted by atomic mass is 35.5. The Morgan fingerprint density at radius 1 is 1.29 bits per heavy atom. The zero-order valence-corrected chi connectivity index (χ0v) is 13.0. The van der Waals surface area contributed by atoms with Crippen LogP contribution in [0.15, 0.2) is 24.3 Å². The molecular formula is C14H12ClF3N4O2. The first kappa shape index (κ1) is 17.8. The quantitative estimate of drug-likeness (QED) is 0.753. The second-order valence-electron chi connectivity index (χ2n) is 4.80. The molecule has 0 aliphatic rings. The Balaban J connectivity index is 2.34. The summed E-state index contributed by atoms with van der Waals surface area (Å²) in [6.07, 6.45) is -4.70. The van der Waals surface area contributed by atoms with Gasteiger partial charge in [-0.3, -0.25) is 4.79 Å². The molecule has 2 aromatic rings. The molecule has 0 radical (unpaired) electrons. The predicted octanol–water partition coefficient (Wildman–Crippen LogP) is 3.70. The van der Waals surface area contributed by atoms with Crippen LogP contribution in [0.5, 0.6) is 0 Å². The Bertz CT molecular complexity index is 768. The summed E-state index contributed by atoms with van der Waals surface area (Å²) in [6, 6.07) is 5.54. The monoisotopic (exact) mass is 360 g/mol. The maximum atomic E-state index is 12.9. The number of aromatic nitrogens is 2. The van der Waals surface area contributed by atoms with Crippen molar-refractivity contribution in [3.63, 3.8) is 0 Å². The molecule has 2 rings (SSSR count). The maximum absolute atomic E-state index is 12.9.